The average molecular weight is 447 g/mol. The number of thiazole rings is 1. The molecule has 0 spiro atoms. The average Bonchev–Trinajstić information content (AvgIpc) is 3.11. The first kappa shape index (κ1) is 21.4. The molecule has 162 valence electrons. The summed E-state index contributed by atoms with van der Waals surface area (Å²) in [6, 6.07) is 22.1. The van der Waals surface area contributed by atoms with Gasteiger partial charge in [0.15, 0.2) is 0 Å². The lowest BCUT2D eigenvalue weighted by Gasteiger charge is -2.13. The van der Waals surface area contributed by atoms with E-state index in [4.69, 9.17) is 0 Å². The normalized spacial score (nSPS) is 11.8. The van der Waals surface area contributed by atoms with Gasteiger partial charge in [-0.05, 0) is 53.4 Å². The minimum absolute atomic E-state index is 0.0750. The van der Waals surface area contributed by atoms with Crippen LogP contribution in [-0.4, -0.2) is 21.1 Å². The van der Waals surface area contributed by atoms with E-state index in [1.54, 1.807) is 24.3 Å². The van der Waals surface area contributed by atoms with Crippen molar-refractivity contribution >= 4 is 22.9 Å². The lowest BCUT2D eigenvalue weighted by molar-refractivity contribution is -0.117. The zero-order chi connectivity index (χ0) is 22.7. The van der Waals surface area contributed by atoms with Crippen molar-refractivity contribution in [1.29, 1.82) is 0 Å². The third-order valence-corrected chi connectivity index (χ3v) is 6.14. The number of rotatable bonds is 6. The van der Waals surface area contributed by atoms with Crippen molar-refractivity contribution in [3.63, 3.8) is 0 Å². The van der Waals surface area contributed by atoms with E-state index >= 15 is 0 Å². The molecule has 7 heteroatoms. The summed E-state index contributed by atoms with van der Waals surface area (Å²) in [6.45, 7) is 1.82. The van der Waals surface area contributed by atoms with Gasteiger partial charge in [0.1, 0.15) is 5.75 Å². The topological polar surface area (TPSA) is 102 Å². The van der Waals surface area contributed by atoms with Gasteiger partial charge in [0, 0.05) is 12.1 Å². The predicted octanol–water partition coefficient (Wildman–Crippen LogP) is 4.85. The van der Waals surface area contributed by atoms with Gasteiger partial charge in [0.2, 0.25) is 11.8 Å². The summed E-state index contributed by atoms with van der Waals surface area (Å²) in [4.78, 5) is 26.7. The Balaban J connectivity index is 1.46. The fraction of sp³-hybridized carbons (Fsp3) is 0.120. The van der Waals surface area contributed by atoms with Crippen molar-refractivity contribution in [2.75, 3.05) is 5.32 Å². The maximum atomic E-state index is 12.7. The van der Waals surface area contributed by atoms with Crippen LogP contribution in [0.4, 0.5) is 5.69 Å². The standard InChI is InChI=1S/C25H22N2O4S/c1-15(17-9-11-21(28)12-10-17)23(29)26-20-4-2-3-19(14-20)18-7-5-16(6-8-18)13-22-24(30)27-25(31)32-22/h2-12,14-15,28,30H,13H2,1H3,(H,26,29)(H,27,31). The second kappa shape index (κ2) is 9.11. The summed E-state index contributed by atoms with van der Waals surface area (Å²) >= 11 is 1.00. The van der Waals surface area contributed by atoms with E-state index in [-0.39, 0.29) is 28.3 Å². The van der Waals surface area contributed by atoms with E-state index in [0.717, 1.165) is 33.6 Å². The van der Waals surface area contributed by atoms with E-state index < -0.39 is 0 Å². The molecule has 0 aliphatic rings. The number of amides is 1. The first-order chi connectivity index (χ1) is 15.4. The molecule has 32 heavy (non-hydrogen) atoms. The van der Waals surface area contributed by atoms with Crippen LogP contribution in [0.3, 0.4) is 0 Å². The summed E-state index contributed by atoms with van der Waals surface area (Å²) in [5.41, 5.74) is 4.45. The molecule has 0 radical (unpaired) electrons. The molecule has 0 bridgehead atoms. The molecule has 0 aliphatic carbocycles. The van der Waals surface area contributed by atoms with E-state index in [1.165, 1.54) is 0 Å². The number of aromatic hydroxyl groups is 2. The zero-order valence-corrected chi connectivity index (χ0v) is 18.1. The number of hydrogen-bond acceptors (Lipinski definition) is 5. The number of carbonyl (C=O) groups is 1. The molecule has 3 aromatic carbocycles. The lowest BCUT2D eigenvalue weighted by Crippen LogP contribution is -2.18. The Hall–Kier alpha value is -3.84. The second-order valence-electron chi connectivity index (χ2n) is 7.54. The molecule has 4 aromatic rings. The van der Waals surface area contributed by atoms with Crippen molar-refractivity contribution in [3.8, 4) is 22.8 Å². The smallest absolute Gasteiger partial charge is 0.307 e. The number of nitrogens with one attached hydrogen (secondary N) is 2. The molecule has 1 heterocycles. The molecule has 4 rings (SSSR count). The van der Waals surface area contributed by atoms with Crippen molar-refractivity contribution in [2.45, 2.75) is 19.3 Å². The van der Waals surface area contributed by atoms with Crippen LogP contribution in [0.5, 0.6) is 11.6 Å². The van der Waals surface area contributed by atoms with Crippen LogP contribution in [-0.2, 0) is 11.2 Å². The van der Waals surface area contributed by atoms with Crippen molar-refractivity contribution in [2.24, 2.45) is 0 Å². The fourth-order valence-corrected chi connectivity index (χ4v) is 4.17. The maximum absolute atomic E-state index is 12.7. The lowest BCUT2D eigenvalue weighted by atomic mass is 9.99. The summed E-state index contributed by atoms with van der Waals surface area (Å²) in [5.74, 6) is -0.401. The van der Waals surface area contributed by atoms with Crippen molar-refractivity contribution in [3.05, 3.63) is 98.5 Å². The Labute approximate surface area is 188 Å². The Morgan fingerprint density at radius 3 is 2.38 bits per heavy atom. The maximum Gasteiger partial charge on any atom is 0.307 e. The molecule has 0 saturated carbocycles. The molecule has 6 nitrogen and oxygen atoms in total. The first-order valence-corrected chi connectivity index (χ1v) is 10.9. The van der Waals surface area contributed by atoms with Crippen LogP contribution in [0.15, 0.2) is 77.6 Å². The van der Waals surface area contributed by atoms with Gasteiger partial charge in [-0.1, -0.05) is 59.9 Å². The van der Waals surface area contributed by atoms with Crippen LogP contribution < -0.4 is 10.2 Å². The van der Waals surface area contributed by atoms with Gasteiger partial charge in [-0.25, -0.2) is 0 Å². The van der Waals surface area contributed by atoms with Crippen LogP contribution >= 0.6 is 11.3 Å². The summed E-state index contributed by atoms with van der Waals surface area (Å²) in [5, 5.41) is 22.1. The molecule has 1 aromatic heterocycles. The molecular formula is C25H22N2O4S. The van der Waals surface area contributed by atoms with Gasteiger partial charge in [-0.3, -0.25) is 14.6 Å². The van der Waals surface area contributed by atoms with E-state index in [0.29, 0.717) is 17.0 Å². The van der Waals surface area contributed by atoms with Crippen molar-refractivity contribution in [1.82, 2.24) is 4.98 Å². The number of aromatic nitrogens is 1. The highest BCUT2D eigenvalue weighted by atomic mass is 32.1. The molecular weight excluding hydrogens is 424 g/mol. The van der Waals surface area contributed by atoms with Gasteiger partial charge in [0.05, 0.1) is 10.8 Å². The highest BCUT2D eigenvalue weighted by Gasteiger charge is 2.15. The van der Waals surface area contributed by atoms with Crippen LogP contribution in [0.1, 0.15) is 28.8 Å². The zero-order valence-electron chi connectivity index (χ0n) is 17.3. The third-order valence-electron chi connectivity index (χ3n) is 5.27. The predicted molar refractivity (Wildman–Crippen MR) is 126 cm³/mol. The highest BCUT2D eigenvalue weighted by Crippen LogP contribution is 2.26. The molecule has 0 aliphatic heterocycles. The Bertz CT molecular complexity index is 1290. The number of hydrogen-bond donors (Lipinski definition) is 4. The molecule has 1 amide bonds. The minimum Gasteiger partial charge on any atom is -0.508 e. The second-order valence-corrected chi connectivity index (χ2v) is 8.61. The highest BCUT2D eigenvalue weighted by molar-refractivity contribution is 7.09. The molecule has 1 atom stereocenters. The van der Waals surface area contributed by atoms with Gasteiger partial charge >= 0.3 is 4.87 Å². The number of anilines is 1. The summed E-state index contributed by atoms with van der Waals surface area (Å²) in [6.07, 6.45) is 0.473. The molecule has 1 unspecified atom stereocenters. The number of H-pyrrole nitrogens is 1. The number of carbonyl (C=O) groups excluding carboxylic acids is 1. The largest absolute Gasteiger partial charge is 0.508 e. The number of phenols is 1. The van der Waals surface area contributed by atoms with Crippen LogP contribution in [0, 0.1) is 0 Å². The fourth-order valence-electron chi connectivity index (χ4n) is 3.41. The monoisotopic (exact) mass is 446 g/mol. The van der Waals surface area contributed by atoms with Crippen molar-refractivity contribution < 1.29 is 15.0 Å². The molecule has 0 fully saturated rings. The number of phenolic OH excluding ortho intramolecular Hbond substituents is 1. The van der Waals surface area contributed by atoms with Crippen LogP contribution in [0.25, 0.3) is 11.1 Å². The first-order valence-electron chi connectivity index (χ1n) is 10.1. The van der Waals surface area contributed by atoms with Gasteiger partial charge < -0.3 is 15.5 Å². The summed E-state index contributed by atoms with van der Waals surface area (Å²) < 4.78 is 0. The van der Waals surface area contributed by atoms with E-state index in [1.807, 2.05) is 55.5 Å². The van der Waals surface area contributed by atoms with E-state index in [9.17, 15) is 19.8 Å². The Kier molecular flexibility index (Phi) is 6.09. The summed E-state index contributed by atoms with van der Waals surface area (Å²) in [7, 11) is 0. The SMILES string of the molecule is CC(C(=O)Nc1cccc(-c2ccc(Cc3sc(=O)[nH]c3O)cc2)c1)c1ccc(O)cc1. The van der Waals surface area contributed by atoms with Crippen LogP contribution in [0.2, 0.25) is 0 Å². The van der Waals surface area contributed by atoms with Gasteiger partial charge in [0.25, 0.3) is 0 Å². The number of aromatic amines is 1. The Morgan fingerprint density at radius 2 is 1.72 bits per heavy atom. The quantitative estimate of drug-likeness (QED) is 0.340. The van der Waals surface area contributed by atoms with Gasteiger partial charge in [-0.2, -0.15) is 0 Å². The molecule has 4 N–H and O–H groups in total. The van der Waals surface area contributed by atoms with Gasteiger partial charge in [-0.15, -0.1) is 0 Å². The number of benzene rings is 3. The minimum atomic E-state index is -0.362. The molecule has 0 saturated heterocycles. The van der Waals surface area contributed by atoms with E-state index in [2.05, 4.69) is 10.3 Å². The third kappa shape index (κ3) is 4.90. The Morgan fingerprint density at radius 1 is 1.00 bits per heavy atom.